The van der Waals surface area contributed by atoms with Gasteiger partial charge in [0.25, 0.3) is 0 Å². The third-order valence-corrected chi connectivity index (χ3v) is 14.6. The van der Waals surface area contributed by atoms with Crippen LogP contribution in [0, 0.1) is 23.2 Å². The van der Waals surface area contributed by atoms with Crippen molar-refractivity contribution >= 4 is 5.57 Å². The summed E-state index contributed by atoms with van der Waals surface area (Å²) in [6.45, 7) is 5.12. The Balaban J connectivity index is 0.993. The van der Waals surface area contributed by atoms with Crippen LogP contribution >= 0.6 is 0 Å². The number of hydrogen-bond acceptors (Lipinski definition) is 2. The van der Waals surface area contributed by atoms with Gasteiger partial charge in [0.15, 0.2) is 0 Å². The van der Waals surface area contributed by atoms with E-state index >= 15 is 0 Å². The van der Waals surface area contributed by atoms with E-state index in [-0.39, 0.29) is 5.41 Å². The molecule has 0 radical (unpaired) electrons. The molecule has 7 aliphatic rings. The molecule has 270 valence electrons. The summed E-state index contributed by atoms with van der Waals surface area (Å²) in [6, 6.07) is 24.1. The average Bonchev–Trinajstić information content (AvgIpc) is 3.54. The fourth-order valence-electron chi connectivity index (χ4n) is 11.7. The molecule has 0 N–H and O–H groups in total. The number of fused-ring (bicyclic) bond motifs is 3. The monoisotopic (exact) mass is 688 g/mol. The fourth-order valence-corrected chi connectivity index (χ4v) is 11.7. The van der Waals surface area contributed by atoms with Crippen LogP contribution in [0.1, 0.15) is 121 Å². The van der Waals surface area contributed by atoms with E-state index in [2.05, 4.69) is 139 Å². The van der Waals surface area contributed by atoms with Gasteiger partial charge in [0.1, 0.15) is 0 Å². The van der Waals surface area contributed by atoms with E-state index in [0.717, 1.165) is 12.3 Å². The zero-order chi connectivity index (χ0) is 35.1. The van der Waals surface area contributed by atoms with Crippen molar-refractivity contribution in [2.75, 3.05) is 0 Å². The largest absolute Gasteiger partial charge is 0.365 e. The van der Waals surface area contributed by atoms with Gasteiger partial charge in [0.2, 0.25) is 0 Å². The summed E-state index contributed by atoms with van der Waals surface area (Å²) in [5, 5.41) is 0. The second-order valence-electron chi connectivity index (χ2n) is 17.6. The van der Waals surface area contributed by atoms with E-state index in [1.165, 1.54) is 94.6 Å². The molecule has 8 unspecified atom stereocenters. The Labute approximate surface area is 314 Å². The molecule has 8 atom stereocenters. The molecule has 2 nitrogen and oxygen atoms in total. The molecule has 2 heteroatoms. The molecule has 9 rings (SSSR count). The molecule has 0 aromatic heterocycles. The lowest BCUT2D eigenvalue weighted by atomic mass is 9.69. The third-order valence-electron chi connectivity index (χ3n) is 14.6. The summed E-state index contributed by atoms with van der Waals surface area (Å²) in [7, 11) is 0. The molecule has 2 aromatic rings. The minimum Gasteiger partial charge on any atom is -0.365 e. The van der Waals surface area contributed by atoms with Crippen molar-refractivity contribution in [2.45, 2.75) is 128 Å². The molecule has 1 saturated carbocycles. The summed E-state index contributed by atoms with van der Waals surface area (Å²) >= 11 is 0. The van der Waals surface area contributed by atoms with Crippen molar-refractivity contribution in [1.82, 2.24) is 9.80 Å². The molecular weight excluding hydrogens is 629 g/mol. The number of hydrogen-bond donors (Lipinski definition) is 0. The first kappa shape index (κ1) is 34.0. The Morgan fingerprint density at radius 2 is 1.62 bits per heavy atom. The molecule has 2 aromatic carbocycles. The van der Waals surface area contributed by atoms with Crippen LogP contribution in [0.15, 0.2) is 138 Å². The summed E-state index contributed by atoms with van der Waals surface area (Å²) in [5.41, 5.74) is 11.3. The normalized spacial score (nSPS) is 34.3. The van der Waals surface area contributed by atoms with Gasteiger partial charge in [0, 0.05) is 41.1 Å². The highest BCUT2D eigenvalue weighted by atomic mass is 15.2. The van der Waals surface area contributed by atoms with Crippen molar-refractivity contribution in [3.8, 4) is 0 Å². The van der Waals surface area contributed by atoms with Crippen LogP contribution in [0.3, 0.4) is 0 Å². The fraction of sp³-hybridized carbons (Fsp3) is 0.480. The van der Waals surface area contributed by atoms with E-state index in [0.29, 0.717) is 35.9 Å². The molecule has 52 heavy (non-hydrogen) atoms. The number of benzene rings is 2. The predicted octanol–water partition coefficient (Wildman–Crippen LogP) is 12.7. The van der Waals surface area contributed by atoms with Crippen molar-refractivity contribution < 1.29 is 0 Å². The Morgan fingerprint density at radius 1 is 0.788 bits per heavy atom. The molecule has 1 saturated heterocycles. The van der Waals surface area contributed by atoms with E-state index in [9.17, 15) is 0 Å². The zero-order valence-electron chi connectivity index (χ0n) is 31.8. The first-order valence-corrected chi connectivity index (χ1v) is 21.1. The smallest absolute Gasteiger partial charge is 0.0493 e. The molecule has 1 aliphatic heterocycles. The number of likely N-dealkylation sites (tertiary alicyclic amines) is 1. The van der Waals surface area contributed by atoms with Gasteiger partial charge in [-0.1, -0.05) is 123 Å². The van der Waals surface area contributed by atoms with Crippen LogP contribution in [-0.2, 0) is 0 Å². The topological polar surface area (TPSA) is 6.48 Å². The maximum absolute atomic E-state index is 2.98. The molecular formula is C50H60N2. The van der Waals surface area contributed by atoms with Gasteiger partial charge in [-0.3, -0.25) is 0 Å². The summed E-state index contributed by atoms with van der Waals surface area (Å²) in [6.07, 6.45) is 40.0. The molecule has 0 spiro atoms. The average molecular weight is 689 g/mol. The number of nitrogens with zero attached hydrogens (tertiary/aromatic N) is 2. The van der Waals surface area contributed by atoms with Gasteiger partial charge in [-0.15, -0.1) is 0 Å². The van der Waals surface area contributed by atoms with Crippen molar-refractivity contribution in [2.24, 2.45) is 23.2 Å². The lowest BCUT2D eigenvalue weighted by molar-refractivity contribution is 0.0985. The minimum absolute atomic E-state index is 0.267. The van der Waals surface area contributed by atoms with Crippen LogP contribution < -0.4 is 0 Å². The summed E-state index contributed by atoms with van der Waals surface area (Å²) in [5.74, 6) is 2.84. The van der Waals surface area contributed by atoms with Gasteiger partial charge in [0.05, 0.1) is 0 Å². The van der Waals surface area contributed by atoms with Crippen molar-refractivity contribution in [1.29, 1.82) is 0 Å². The number of rotatable bonds is 7. The van der Waals surface area contributed by atoms with Crippen LogP contribution in [0.5, 0.6) is 0 Å². The predicted molar refractivity (Wildman–Crippen MR) is 218 cm³/mol. The Bertz CT molecular complexity index is 1820. The Kier molecular flexibility index (Phi) is 9.53. The van der Waals surface area contributed by atoms with Gasteiger partial charge in [-0.05, 0) is 142 Å². The molecule has 2 fully saturated rings. The van der Waals surface area contributed by atoms with Gasteiger partial charge in [-0.2, -0.15) is 0 Å². The number of allylic oxidation sites excluding steroid dienone is 12. The standard InChI is InChI=1S/C50H60N2/c1-36-34-40(38-16-8-4-9-17-38)24-29-47(36)51(42-18-10-5-11-19-42)44-27-28-46-45-20-12-13-21-48(45)52(49(46)35-44)43-30-32-50(2,33-31-43)41-25-22-39(23-26-41)37-14-6-3-7-15-37/h3-10,12-18,22,25,30,35-36,40,44-48H,11,19-21,23-24,26-29,31-34H2,1-2H3. The SMILES string of the molecule is CC1CC(c2ccccc2)CCC1N(C1=CC=CCC1)C1C=C2C(CC1)C1CC=CCC1N2C1=CCC(C)(C2=CC=C(c3ccccc3)CC2)CC1. The molecule has 6 aliphatic carbocycles. The first-order valence-electron chi connectivity index (χ1n) is 21.1. The molecule has 1 heterocycles. The lowest BCUT2D eigenvalue weighted by Gasteiger charge is -2.49. The molecule has 0 amide bonds. The lowest BCUT2D eigenvalue weighted by Crippen LogP contribution is -2.48. The van der Waals surface area contributed by atoms with Crippen molar-refractivity contribution in [3.63, 3.8) is 0 Å². The minimum atomic E-state index is 0.267. The van der Waals surface area contributed by atoms with Crippen LogP contribution in [0.25, 0.3) is 5.57 Å². The highest BCUT2D eigenvalue weighted by Gasteiger charge is 2.49. The highest BCUT2D eigenvalue weighted by Crippen LogP contribution is 2.54. The zero-order valence-corrected chi connectivity index (χ0v) is 31.8. The van der Waals surface area contributed by atoms with Gasteiger partial charge < -0.3 is 9.80 Å². The summed E-state index contributed by atoms with van der Waals surface area (Å²) in [4.78, 5) is 5.92. The van der Waals surface area contributed by atoms with E-state index in [1.54, 1.807) is 28.2 Å². The van der Waals surface area contributed by atoms with Crippen LogP contribution in [0.2, 0.25) is 0 Å². The van der Waals surface area contributed by atoms with Gasteiger partial charge >= 0.3 is 0 Å². The second-order valence-corrected chi connectivity index (χ2v) is 17.6. The van der Waals surface area contributed by atoms with Crippen LogP contribution in [-0.4, -0.2) is 27.9 Å². The van der Waals surface area contributed by atoms with E-state index in [1.807, 2.05) is 0 Å². The Morgan fingerprint density at radius 3 is 2.35 bits per heavy atom. The summed E-state index contributed by atoms with van der Waals surface area (Å²) < 4.78 is 0. The van der Waals surface area contributed by atoms with Crippen molar-refractivity contribution in [3.05, 3.63) is 149 Å². The Hall–Kier alpha value is -3.78. The second kappa shape index (κ2) is 14.6. The molecule has 0 bridgehead atoms. The van der Waals surface area contributed by atoms with E-state index < -0.39 is 0 Å². The maximum atomic E-state index is 2.98. The third kappa shape index (κ3) is 6.43. The quantitative estimate of drug-likeness (QED) is 0.267. The van der Waals surface area contributed by atoms with Crippen LogP contribution in [0.4, 0.5) is 0 Å². The first-order chi connectivity index (χ1) is 25.6. The maximum Gasteiger partial charge on any atom is 0.0493 e. The highest BCUT2D eigenvalue weighted by molar-refractivity contribution is 5.69. The van der Waals surface area contributed by atoms with Gasteiger partial charge in [-0.25, -0.2) is 0 Å². The van der Waals surface area contributed by atoms with E-state index in [4.69, 9.17) is 0 Å².